The maximum atomic E-state index is 13.3. The Morgan fingerprint density at radius 2 is 2.07 bits per heavy atom. The van der Waals surface area contributed by atoms with Crippen molar-refractivity contribution >= 4 is 12.0 Å². The average Bonchev–Trinajstić information content (AvgIpc) is 2.17. The maximum Gasteiger partial charge on any atom is 0.129 e. The molecule has 0 aliphatic heterocycles. The molecule has 2 nitrogen and oxygen atoms in total. The molecule has 1 aromatic carbocycles. The standard InChI is InChI=1S/C12H16FNO/c1-4-14-11-6-9(5-10(13)7-11)12(2,3)8-15/h5-8,14H,4H2,1-3H3. The summed E-state index contributed by atoms with van der Waals surface area (Å²) in [5, 5.41) is 3.03. The van der Waals surface area contributed by atoms with Gasteiger partial charge in [-0.1, -0.05) is 0 Å². The fourth-order valence-corrected chi connectivity index (χ4v) is 1.34. The van der Waals surface area contributed by atoms with E-state index in [1.54, 1.807) is 19.9 Å². The zero-order valence-corrected chi connectivity index (χ0v) is 9.30. The molecule has 0 radical (unpaired) electrons. The van der Waals surface area contributed by atoms with E-state index in [4.69, 9.17) is 0 Å². The summed E-state index contributed by atoms with van der Waals surface area (Å²) in [6, 6.07) is 4.63. The van der Waals surface area contributed by atoms with Crippen LogP contribution in [0.5, 0.6) is 0 Å². The van der Waals surface area contributed by atoms with Crippen LogP contribution in [0.1, 0.15) is 26.3 Å². The van der Waals surface area contributed by atoms with E-state index in [2.05, 4.69) is 5.32 Å². The highest BCUT2D eigenvalue weighted by Crippen LogP contribution is 2.24. The van der Waals surface area contributed by atoms with Crippen molar-refractivity contribution < 1.29 is 9.18 Å². The van der Waals surface area contributed by atoms with Crippen LogP contribution in [0.2, 0.25) is 0 Å². The van der Waals surface area contributed by atoms with Gasteiger partial charge in [-0.3, -0.25) is 0 Å². The van der Waals surface area contributed by atoms with E-state index in [9.17, 15) is 9.18 Å². The molecular formula is C12H16FNO. The highest BCUT2D eigenvalue weighted by atomic mass is 19.1. The number of hydrogen-bond acceptors (Lipinski definition) is 2. The smallest absolute Gasteiger partial charge is 0.129 e. The van der Waals surface area contributed by atoms with Crippen molar-refractivity contribution in [1.29, 1.82) is 0 Å². The van der Waals surface area contributed by atoms with E-state index >= 15 is 0 Å². The van der Waals surface area contributed by atoms with Crippen LogP contribution in [-0.2, 0) is 10.2 Å². The summed E-state index contributed by atoms with van der Waals surface area (Å²) in [7, 11) is 0. The fourth-order valence-electron chi connectivity index (χ4n) is 1.34. The van der Waals surface area contributed by atoms with Gasteiger partial charge in [0, 0.05) is 17.6 Å². The van der Waals surface area contributed by atoms with Crippen molar-refractivity contribution in [3.63, 3.8) is 0 Å². The molecule has 3 heteroatoms. The molecule has 1 rings (SSSR count). The van der Waals surface area contributed by atoms with E-state index in [0.717, 1.165) is 12.8 Å². The van der Waals surface area contributed by atoms with Gasteiger partial charge in [-0.15, -0.1) is 0 Å². The Morgan fingerprint density at radius 3 is 2.60 bits per heavy atom. The monoisotopic (exact) mass is 209 g/mol. The minimum Gasteiger partial charge on any atom is -0.385 e. The largest absolute Gasteiger partial charge is 0.385 e. The number of benzene rings is 1. The van der Waals surface area contributed by atoms with E-state index in [1.807, 2.05) is 6.92 Å². The first kappa shape index (κ1) is 11.7. The van der Waals surface area contributed by atoms with Crippen molar-refractivity contribution in [2.24, 2.45) is 0 Å². The number of carbonyl (C=O) groups is 1. The van der Waals surface area contributed by atoms with Gasteiger partial charge in [-0.25, -0.2) is 4.39 Å². The van der Waals surface area contributed by atoms with E-state index < -0.39 is 5.41 Å². The molecule has 0 bridgehead atoms. The molecule has 0 heterocycles. The van der Waals surface area contributed by atoms with E-state index in [1.165, 1.54) is 12.1 Å². The summed E-state index contributed by atoms with van der Waals surface area (Å²) in [4.78, 5) is 10.9. The number of hydrogen-bond donors (Lipinski definition) is 1. The first-order valence-corrected chi connectivity index (χ1v) is 5.01. The predicted octanol–water partition coefficient (Wildman–Crippen LogP) is 2.73. The summed E-state index contributed by atoms with van der Waals surface area (Å²) >= 11 is 0. The number of anilines is 1. The summed E-state index contributed by atoms with van der Waals surface area (Å²) in [6.45, 7) is 6.20. The van der Waals surface area contributed by atoms with Gasteiger partial charge >= 0.3 is 0 Å². The maximum absolute atomic E-state index is 13.3. The SMILES string of the molecule is CCNc1cc(F)cc(C(C)(C)C=O)c1. The second kappa shape index (κ2) is 4.43. The molecule has 1 N–H and O–H groups in total. The highest BCUT2D eigenvalue weighted by molar-refractivity contribution is 5.68. The normalized spacial score (nSPS) is 11.2. The molecule has 0 atom stereocenters. The van der Waals surface area contributed by atoms with Crippen molar-refractivity contribution in [2.75, 3.05) is 11.9 Å². The molecule has 0 aliphatic rings. The first-order valence-electron chi connectivity index (χ1n) is 5.01. The lowest BCUT2D eigenvalue weighted by Crippen LogP contribution is -2.19. The number of halogens is 1. The van der Waals surface area contributed by atoms with Gasteiger partial charge in [-0.05, 0) is 44.5 Å². The molecule has 0 amide bonds. The molecule has 0 spiro atoms. The Hall–Kier alpha value is -1.38. The van der Waals surface area contributed by atoms with Crippen LogP contribution in [0.25, 0.3) is 0 Å². The van der Waals surface area contributed by atoms with Crippen molar-refractivity contribution in [3.8, 4) is 0 Å². The molecule has 0 fully saturated rings. The summed E-state index contributed by atoms with van der Waals surface area (Å²) in [6.07, 6.45) is 0.831. The summed E-state index contributed by atoms with van der Waals surface area (Å²) < 4.78 is 13.3. The summed E-state index contributed by atoms with van der Waals surface area (Å²) in [5.41, 5.74) is 0.752. The van der Waals surface area contributed by atoms with Gasteiger partial charge in [0.1, 0.15) is 12.1 Å². The average molecular weight is 209 g/mol. The number of carbonyl (C=O) groups excluding carboxylic acids is 1. The van der Waals surface area contributed by atoms with Gasteiger partial charge in [-0.2, -0.15) is 0 Å². The molecule has 0 saturated heterocycles. The molecule has 82 valence electrons. The Morgan fingerprint density at radius 1 is 1.40 bits per heavy atom. The lowest BCUT2D eigenvalue weighted by molar-refractivity contribution is -0.111. The van der Waals surface area contributed by atoms with E-state index in [-0.39, 0.29) is 5.82 Å². The molecule has 0 aliphatic carbocycles. The van der Waals surface area contributed by atoms with Crippen LogP contribution >= 0.6 is 0 Å². The molecular weight excluding hydrogens is 193 g/mol. The first-order chi connectivity index (χ1) is 6.99. The third kappa shape index (κ3) is 2.78. The molecule has 1 aromatic rings. The lowest BCUT2D eigenvalue weighted by atomic mass is 9.86. The van der Waals surface area contributed by atoms with Crippen LogP contribution in [0.4, 0.5) is 10.1 Å². The van der Waals surface area contributed by atoms with Crippen LogP contribution in [0, 0.1) is 5.82 Å². The van der Waals surface area contributed by atoms with Gasteiger partial charge in [0.2, 0.25) is 0 Å². The third-order valence-corrected chi connectivity index (χ3v) is 2.32. The zero-order valence-electron chi connectivity index (χ0n) is 9.30. The minimum atomic E-state index is -0.647. The second-order valence-corrected chi connectivity index (χ2v) is 4.10. The fraction of sp³-hybridized carbons (Fsp3) is 0.417. The Balaban J connectivity index is 3.14. The van der Waals surface area contributed by atoms with Gasteiger partial charge in [0.05, 0.1) is 0 Å². The topological polar surface area (TPSA) is 29.1 Å². The predicted molar refractivity (Wildman–Crippen MR) is 59.7 cm³/mol. The van der Waals surface area contributed by atoms with Crippen LogP contribution in [0.3, 0.4) is 0 Å². The number of rotatable bonds is 4. The molecule has 0 unspecified atom stereocenters. The second-order valence-electron chi connectivity index (χ2n) is 4.10. The van der Waals surface area contributed by atoms with E-state index in [0.29, 0.717) is 11.3 Å². The Kier molecular flexibility index (Phi) is 3.45. The van der Waals surface area contributed by atoms with Gasteiger partial charge in [0.15, 0.2) is 0 Å². The van der Waals surface area contributed by atoms with Gasteiger partial charge in [0.25, 0.3) is 0 Å². The minimum absolute atomic E-state index is 0.321. The molecule has 0 aromatic heterocycles. The zero-order chi connectivity index (χ0) is 11.5. The number of nitrogens with one attached hydrogen (secondary N) is 1. The Bertz CT molecular complexity index is 361. The van der Waals surface area contributed by atoms with Crippen LogP contribution < -0.4 is 5.32 Å². The van der Waals surface area contributed by atoms with Gasteiger partial charge < -0.3 is 10.1 Å². The quantitative estimate of drug-likeness (QED) is 0.772. The third-order valence-electron chi connectivity index (χ3n) is 2.32. The van der Waals surface area contributed by atoms with Crippen LogP contribution in [0.15, 0.2) is 18.2 Å². The number of aldehydes is 1. The van der Waals surface area contributed by atoms with Crippen LogP contribution in [-0.4, -0.2) is 12.8 Å². The molecule has 0 saturated carbocycles. The lowest BCUT2D eigenvalue weighted by Gasteiger charge is -2.18. The highest BCUT2D eigenvalue weighted by Gasteiger charge is 2.20. The van der Waals surface area contributed by atoms with Crippen molar-refractivity contribution in [2.45, 2.75) is 26.2 Å². The Labute approximate surface area is 89.5 Å². The van der Waals surface area contributed by atoms with Crippen molar-refractivity contribution in [3.05, 3.63) is 29.6 Å². The summed E-state index contributed by atoms with van der Waals surface area (Å²) in [5.74, 6) is -0.321. The van der Waals surface area contributed by atoms with Crippen molar-refractivity contribution in [1.82, 2.24) is 0 Å². The molecule has 15 heavy (non-hydrogen) atoms.